The van der Waals surface area contributed by atoms with Crippen molar-refractivity contribution in [3.63, 3.8) is 0 Å². The highest BCUT2D eigenvalue weighted by molar-refractivity contribution is 6.19. The Balaban J connectivity index is 1.07. The predicted octanol–water partition coefficient (Wildman–Crippen LogP) is 14.5. The molecule has 0 N–H and O–H groups in total. The first-order valence-corrected chi connectivity index (χ1v) is 21.0. The van der Waals surface area contributed by atoms with Gasteiger partial charge in [-0.1, -0.05) is 170 Å². The predicted molar refractivity (Wildman–Crippen MR) is 257 cm³/mol. The number of rotatable bonds is 5. The van der Waals surface area contributed by atoms with E-state index in [0.29, 0.717) is 17.5 Å². The molecule has 10 aromatic carbocycles. The molecule has 0 spiro atoms. The second-order valence-corrected chi connectivity index (χ2v) is 16.0. The fourth-order valence-corrected chi connectivity index (χ4v) is 9.70. The molecule has 3 aromatic heterocycles. The van der Waals surface area contributed by atoms with E-state index in [4.69, 9.17) is 15.0 Å². The Morgan fingerprint density at radius 3 is 1.53 bits per heavy atom. The van der Waals surface area contributed by atoms with Crippen LogP contribution < -0.4 is 0 Å². The van der Waals surface area contributed by atoms with E-state index in [-0.39, 0.29) is 0 Å². The minimum Gasteiger partial charge on any atom is -0.309 e. The molecule has 0 unspecified atom stereocenters. The van der Waals surface area contributed by atoms with Gasteiger partial charge in [0.05, 0.1) is 33.3 Å². The Bertz CT molecular complexity index is 3860. The van der Waals surface area contributed by atoms with Gasteiger partial charge in [0.25, 0.3) is 0 Å². The molecule has 0 aliphatic heterocycles. The molecule has 0 fully saturated rings. The molecular formula is C57H35N5. The third-order valence-corrected chi connectivity index (χ3v) is 12.5. The number of para-hydroxylation sites is 2. The maximum Gasteiger partial charge on any atom is 0.166 e. The van der Waals surface area contributed by atoms with Crippen molar-refractivity contribution >= 4 is 75.9 Å². The van der Waals surface area contributed by atoms with Crippen LogP contribution in [0.2, 0.25) is 0 Å². The molecular weight excluding hydrogens is 755 g/mol. The minimum absolute atomic E-state index is 0.625. The Morgan fingerprint density at radius 2 is 0.823 bits per heavy atom. The summed E-state index contributed by atoms with van der Waals surface area (Å²) in [5, 5.41) is 11.9. The van der Waals surface area contributed by atoms with Crippen LogP contribution in [0.25, 0.3) is 121 Å². The van der Waals surface area contributed by atoms with Crippen molar-refractivity contribution in [2.75, 3.05) is 0 Å². The van der Waals surface area contributed by atoms with Gasteiger partial charge >= 0.3 is 0 Å². The monoisotopic (exact) mass is 789 g/mol. The van der Waals surface area contributed by atoms with Crippen LogP contribution in [0, 0.1) is 0 Å². The molecule has 288 valence electrons. The normalized spacial score (nSPS) is 11.9. The number of fused-ring (bicyclic) bond motifs is 10. The first-order chi connectivity index (χ1) is 30.7. The van der Waals surface area contributed by atoms with E-state index in [1.807, 2.05) is 36.4 Å². The molecule has 0 amide bonds. The third-order valence-electron chi connectivity index (χ3n) is 12.5. The second-order valence-electron chi connectivity index (χ2n) is 16.0. The molecule has 0 radical (unpaired) electrons. The molecule has 3 heterocycles. The van der Waals surface area contributed by atoms with Crippen LogP contribution in [0.5, 0.6) is 0 Å². The van der Waals surface area contributed by atoms with Crippen LogP contribution in [-0.4, -0.2) is 24.1 Å². The topological polar surface area (TPSA) is 48.5 Å². The molecule has 62 heavy (non-hydrogen) atoms. The van der Waals surface area contributed by atoms with E-state index >= 15 is 0 Å². The van der Waals surface area contributed by atoms with Gasteiger partial charge in [-0.05, 0) is 69.4 Å². The van der Waals surface area contributed by atoms with Gasteiger partial charge in [-0.3, -0.25) is 0 Å². The van der Waals surface area contributed by atoms with Gasteiger partial charge in [-0.2, -0.15) is 0 Å². The van der Waals surface area contributed by atoms with Gasteiger partial charge in [0.15, 0.2) is 17.5 Å². The zero-order valence-electron chi connectivity index (χ0n) is 33.4. The minimum atomic E-state index is 0.625. The van der Waals surface area contributed by atoms with Crippen LogP contribution in [-0.2, 0) is 0 Å². The van der Waals surface area contributed by atoms with Gasteiger partial charge in [-0.15, -0.1) is 0 Å². The molecule has 0 bridgehead atoms. The summed E-state index contributed by atoms with van der Waals surface area (Å²) in [5.74, 6) is 1.89. The quantitative estimate of drug-likeness (QED) is 0.174. The maximum atomic E-state index is 5.29. The van der Waals surface area contributed by atoms with Gasteiger partial charge < -0.3 is 9.13 Å². The van der Waals surface area contributed by atoms with Crippen molar-refractivity contribution in [2.24, 2.45) is 0 Å². The second kappa shape index (κ2) is 13.6. The Morgan fingerprint density at radius 1 is 0.290 bits per heavy atom. The SMILES string of the molecule is c1ccc(-c2nc(-c3ccccc3)nc(-c3c(-n4c5ccccc5c5cc6cc(-n7c8ccccc8c8ccc9ccccc9c87)ccc6cc54)ccc4ccccc34)n2)cc1. The first kappa shape index (κ1) is 34.5. The number of nitrogens with zero attached hydrogens (tertiary/aromatic N) is 5. The van der Waals surface area contributed by atoms with Crippen molar-refractivity contribution in [1.82, 2.24) is 24.1 Å². The molecule has 0 aliphatic carbocycles. The van der Waals surface area contributed by atoms with E-state index in [1.165, 1.54) is 48.7 Å². The van der Waals surface area contributed by atoms with Crippen LogP contribution >= 0.6 is 0 Å². The number of aromatic nitrogens is 5. The lowest BCUT2D eigenvalue weighted by atomic mass is 10.0. The molecule has 0 aliphatic rings. The largest absolute Gasteiger partial charge is 0.309 e. The Hall–Kier alpha value is -8.41. The Labute approximate surface area is 356 Å². The summed E-state index contributed by atoms with van der Waals surface area (Å²) < 4.78 is 4.86. The summed E-state index contributed by atoms with van der Waals surface area (Å²) in [5.41, 5.74) is 9.63. The highest BCUT2D eigenvalue weighted by Crippen LogP contribution is 2.42. The van der Waals surface area contributed by atoms with E-state index < -0.39 is 0 Å². The number of hydrogen-bond acceptors (Lipinski definition) is 3. The standard InChI is InChI=1S/C57H35N5/c1-3-17-38(18-4-1)55-58-56(39-19-5-2-6-20-39)60-57(59-55)53-43-21-9-7-15-36(43)29-32-51(53)62-50-26-14-12-24-46(50)48-34-41-33-42(30-27-40(41)35-52(48)62)61-49-25-13-11-23-45(49)47-31-28-37-16-8-10-22-44(37)54(47)61/h1-35H. The fraction of sp³-hybridized carbons (Fsp3) is 0. The summed E-state index contributed by atoms with van der Waals surface area (Å²) >= 11 is 0. The summed E-state index contributed by atoms with van der Waals surface area (Å²) in [6.45, 7) is 0. The van der Waals surface area contributed by atoms with Gasteiger partial charge in [0.1, 0.15) is 0 Å². The van der Waals surface area contributed by atoms with Crippen molar-refractivity contribution in [3.8, 4) is 45.5 Å². The molecule has 0 saturated carbocycles. The van der Waals surface area contributed by atoms with E-state index in [2.05, 4.69) is 185 Å². The van der Waals surface area contributed by atoms with Crippen molar-refractivity contribution in [3.05, 3.63) is 212 Å². The maximum absolute atomic E-state index is 5.29. The summed E-state index contributed by atoms with van der Waals surface area (Å²) in [4.78, 5) is 15.6. The molecule has 0 atom stereocenters. The lowest BCUT2D eigenvalue weighted by molar-refractivity contribution is 1.07. The van der Waals surface area contributed by atoms with Gasteiger partial charge in [-0.25, -0.2) is 15.0 Å². The average Bonchev–Trinajstić information content (AvgIpc) is 3.86. The van der Waals surface area contributed by atoms with Crippen molar-refractivity contribution < 1.29 is 0 Å². The molecule has 0 saturated heterocycles. The Kier molecular flexibility index (Phi) is 7.54. The third kappa shape index (κ3) is 5.25. The highest BCUT2D eigenvalue weighted by atomic mass is 15.1. The van der Waals surface area contributed by atoms with E-state index in [1.54, 1.807) is 0 Å². The van der Waals surface area contributed by atoms with Crippen LogP contribution in [0.3, 0.4) is 0 Å². The summed E-state index contributed by atoms with van der Waals surface area (Å²) in [6.07, 6.45) is 0. The highest BCUT2D eigenvalue weighted by Gasteiger charge is 2.22. The van der Waals surface area contributed by atoms with Gasteiger partial charge in [0, 0.05) is 43.7 Å². The van der Waals surface area contributed by atoms with Crippen molar-refractivity contribution in [2.45, 2.75) is 0 Å². The van der Waals surface area contributed by atoms with Gasteiger partial charge in [0.2, 0.25) is 0 Å². The van der Waals surface area contributed by atoms with E-state index in [0.717, 1.165) is 55.3 Å². The first-order valence-electron chi connectivity index (χ1n) is 21.0. The lowest BCUT2D eigenvalue weighted by Gasteiger charge is -2.17. The molecule has 13 rings (SSSR count). The molecule has 5 nitrogen and oxygen atoms in total. The lowest BCUT2D eigenvalue weighted by Crippen LogP contribution is -2.04. The zero-order chi connectivity index (χ0) is 40.7. The fourth-order valence-electron chi connectivity index (χ4n) is 9.70. The number of benzene rings is 10. The summed E-state index contributed by atoms with van der Waals surface area (Å²) in [7, 11) is 0. The summed E-state index contributed by atoms with van der Waals surface area (Å²) in [6, 6.07) is 75.8. The zero-order valence-corrected chi connectivity index (χ0v) is 33.4. The van der Waals surface area contributed by atoms with Crippen LogP contribution in [0.4, 0.5) is 0 Å². The molecule has 13 aromatic rings. The van der Waals surface area contributed by atoms with Crippen LogP contribution in [0.15, 0.2) is 212 Å². The van der Waals surface area contributed by atoms with Crippen LogP contribution in [0.1, 0.15) is 0 Å². The number of hydrogen-bond donors (Lipinski definition) is 0. The molecule has 5 heteroatoms. The smallest absolute Gasteiger partial charge is 0.166 e. The van der Waals surface area contributed by atoms with E-state index in [9.17, 15) is 0 Å². The average molecular weight is 790 g/mol. The van der Waals surface area contributed by atoms with Crippen molar-refractivity contribution in [1.29, 1.82) is 0 Å².